The van der Waals surface area contributed by atoms with E-state index in [1.54, 1.807) is 0 Å². The summed E-state index contributed by atoms with van der Waals surface area (Å²) in [5.41, 5.74) is 2.65. The summed E-state index contributed by atoms with van der Waals surface area (Å²) in [6.45, 7) is 3.07. The summed E-state index contributed by atoms with van der Waals surface area (Å²) < 4.78 is 4.87. The highest BCUT2D eigenvalue weighted by molar-refractivity contribution is 5.76. The minimum Gasteiger partial charge on any atom is -0.390 e. The van der Waals surface area contributed by atoms with E-state index in [1.807, 2.05) is 12.1 Å². The molecule has 4 fully saturated rings. The first-order chi connectivity index (χ1) is 11.6. The maximum atomic E-state index is 11.0. The molecule has 2 N–H and O–H groups in total. The molecular weight excluding hydrogens is 302 g/mol. The van der Waals surface area contributed by atoms with Crippen molar-refractivity contribution in [3.8, 4) is 0 Å². The van der Waals surface area contributed by atoms with Crippen LogP contribution in [0.4, 0.5) is 0 Å². The van der Waals surface area contributed by atoms with Crippen molar-refractivity contribution >= 4 is 11.0 Å². The number of benzene rings is 1. The molecule has 3 atom stereocenters. The first kappa shape index (κ1) is 14.8. The maximum Gasteiger partial charge on any atom is 0.139 e. The minimum absolute atomic E-state index is 0.259. The van der Waals surface area contributed by atoms with Crippen LogP contribution in [0.2, 0.25) is 0 Å². The van der Waals surface area contributed by atoms with Gasteiger partial charge in [-0.05, 0) is 84.6 Å². The molecule has 0 radical (unpaired) electrons. The van der Waals surface area contributed by atoms with E-state index in [0.717, 1.165) is 54.2 Å². The largest absolute Gasteiger partial charge is 0.390 e. The molecular formula is C19H25N3O2. The van der Waals surface area contributed by atoms with E-state index in [-0.39, 0.29) is 5.41 Å². The lowest BCUT2D eigenvalue weighted by atomic mass is 9.46. The molecule has 128 valence electrons. The lowest BCUT2D eigenvalue weighted by molar-refractivity contribution is -0.172. The molecule has 4 aliphatic carbocycles. The van der Waals surface area contributed by atoms with Gasteiger partial charge in [0.2, 0.25) is 0 Å². The van der Waals surface area contributed by atoms with Gasteiger partial charge in [-0.2, -0.15) is 0 Å². The zero-order chi connectivity index (χ0) is 16.4. The van der Waals surface area contributed by atoms with Crippen molar-refractivity contribution in [2.24, 2.45) is 17.3 Å². The summed E-state index contributed by atoms with van der Waals surface area (Å²) in [4.78, 5) is 0. The Hall–Kier alpha value is -1.46. The van der Waals surface area contributed by atoms with Gasteiger partial charge in [-0.25, -0.2) is 4.63 Å². The Morgan fingerprint density at radius 2 is 2.04 bits per heavy atom. The van der Waals surface area contributed by atoms with Crippen LogP contribution in [0.15, 0.2) is 22.8 Å². The molecule has 1 heterocycles. The highest BCUT2D eigenvalue weighted by Crippen LogP contribution is 2.62. The second-order valence-electron chi connectivity index (χ2n) is 8.70. The molecule has 3 unspecified atom stereocenters. The molecule has 2 aromatic rings. The number of hydrogen-bond acceptors (Lipinski definition) is 5. The highest BCUT2D eigenvalue weighted by atomic mass is 16.6. The SMILES string of the molecule is CC(NCc1cccc2nonc12)C12CC3CC(CC(O)(C3)C1)C2. The first-order valence-electron chi connectivity index (χ1n) is 9.21. The van der Waals surface area contributed by atoms with Crippen molar-refractivity contribution in [2.75, 3.05) is 0 Å². The van der Waals surface area contributed by atoms with Crippen molar-refractivity contribution in [1.29, 1.82) is 0 Å². The van der Waals surface area contributed by atoms with Crippen LogP contribution in [-0.4, -0.2) is 27.1 Å². The van der Waals surface area contributed by atoms with Gasteiger partial charge >= 0.3 is 0 Å². The summed E-state index contributed by atoms with van der Waals surface area (Å²) >= 11 is 0. The standard InChI is InChI=1S/C19H25N3O2/c1-12(20-10-15-3-2-4-16-17(15)22-24-21-16)18-6-13-5-14(7-18)9-19(23,8-13)11-18/h2-4,12-14,20,23H,5-11H2,1H3. The second-order valence-corrected chi connectivity index (χ2v) is 8.70. The van der Waals surface area contributed by atoms with E-state index >= 15 is 0 Å². The molecule has 4 saturated carbocycles. The van der Waals surface area contributed by atoms with Gasteiger partial charge in [-0.1, -0.05) is 12.1 Å². The summed E-state index contributed by atoms with van der Waals surface area (Å²) in [7, 11) is 0. The molecule has 1 aromatic carbocycles. The lowest BCUT2D eigenvalue weighted by Crippen LogP contribution is -2.61. The first-order valence-corrected chi connectivity index (χ1v) is 9.21. The van der Waals surface area contributed by atoms with E-state index in [4.69, 9.17) is 4.63 Å². The monoisotopic (exact) mass is 327 g/mol. The number of fused-ring (bicyclic) bond motifs is 1. The van der Waals surface area contributed by atoms with Gasteiger partial charge in [0.05, 0.1) is 5.60 Å². The van der Waals surface area contributed by atoms with E-state index in [2.05, 4.69) is 28.6 Å². The van der Waals surface area contributed by atoms with Gasteiger partial charge in [0, 0.05) is 12.6 Å². The van der Waals surface area contributed by atoms with E-state index in [1.165, 1.54) is 19.3 Å². The van der Waals surface area contributed by atoms with Gasteiger partial charge < -0.3 is 10.4 Å². The number of nitrogens with zero attached hydrogens (tertiary/aromatic N) is 2. The number of hydrogen-bond donors (Lipinski definition) is 2. The molecule has 0 amide bonds. The zero-order valence-electron chi connectivity index (χ0n) is 14.2. The van der Waals surface area contributed by atoms with Crippen LogP contribution in [0.25, 0.3) is 11.0 Å². The van der Waals surface area contributed by atoms with Gasteiger partial charge in [0.15, 0.2) is 0 Å². The summed E-state index contributed by atoms with van der Waals surface area (Å²) in [5, 5.41) is 22.6. The fraction of sp³-hybridized carbons (Fsp3) is 0.684. The van der Waals surface area contributed by atoms with Crippen LogP contribution >= 0.6 is 0 Å². The molecule has 5 nitrogen and oxygen atoms in total. The van der Waals surface area contributed by atoms with Crippen LogP contribution in [0.3, 0.4) is 0 Å². The van der Waals surface area contributed by atoms with Gasteiger partial charge in [0.1, 0.15) is 11.0 Å². The molecule has 6 rings (SSSR count). The van der Waals surface area contributed by atoms with Crippen molar-refractivity contribution in [2.45, 2.75) is 63.6 Å². The van der Waals surface area contributed by atoms with Crippen molar-refractivity contribution in [1.82, 2.24) is 15.6 Å². The van der Waals surface area contributed by atoms with Gasteiger partial charge in [0.25, 0.3) is 0 Å². The van der Waals surface area contributed by atoms with E-state index in [0.29, 0.717) is 6.04 Å². The smallest absolute Gasteiger partial charge is 0.139 e. The van der Waals surface area contributed by atoms with E-state index < -0.39 is 5.60 Å². The Labute approximate surface area is 141 Å². The third-order valence-corrected chi connectivity index (χ3v) is 6.96. The van der Waals surface area contributed by atoms with Crippen LogP contribution in [0.5, 0.6) is 0 Å². The Bertz CT molecular complexity index is 757. The van der Waals surface area contributed by atoms with Gasteiger partial charge in [-0.15, -0.1) is 0 Å². The highest BCUT2D eigenvalue weighted by Gasteiger charge is 2.58. The number of nitrogens with one attached hydrogen (secondary N) is 1. The molecule has 0 saturated heterocycles. The summed E-state index contributed by atoms with van der Waals surface area (Å²) in [5.74, 6) is 1.45. The second kappa shape index (κ2) is 5.02. The Morgan fingerprint density at radius 3 is 2.79 bits per heavy atom. The zero-order valence-corrected chi connectivity index (χ0v) is 14.2. The lowest BCUT2D eigenvalue weighted by Gasteiger charge is -2.62. The average Bonchev–Trinajstić information content (AvgIpc) is 2.99. The molecule has 0 spiro atoms. The fourth-order valence-corrected chi connectivity index (χ4v) is 6.28. The van der Waals surface area contributed by atoms with E-state index in [9.17, 15) is 5.11 Å². The van der Waals surface area contributed by atoms with Crippen LogP contribution in [-0.2, 0) is 6.54 Å². The van der Waals surface area contributed by atoms with Gasteiger partial charge in [-0.3, -0.25) is 0 Å². The number of aliphatic hydroxyl groups is 1. The topological polar surface area (TPSA) is 71.2 Å². The molecule has 4 bridgehead atoms. The predicted molar refractivity (Wildman–Crippen MR) is 90.2 cm³/mol. The molecule has 0 aliphatic heterocycles. The third-order valence-electron chi connectivity index (χ3n) is 6.96. The van der Waals surface area contributed by atoms with Crippen LogP contribution in [0, 0.1) is 17.3 Å². The maximum absolute atomic E-state index is 11.0. The van der Waals surface area contributed by atoms with Crippen molar-refractivity contribution < 1.29 is 9.74 Å². The van der Waals surface area contributed by atoms with Crippen LogP contribution < -0.4 is 5.32 Å². The predicted octanol–water partition coefficient (Wildman–Crippen LogP) is 3.03. The number of rotatable bonds is 4. The number of aromatic nitrogens is 2. The fourth-order valence-electron chi connectivity index (χ4n) is 6.28. The average molecular weight is 327 g/mol. The molecule has 4 aliphatic rings. The third kappa shape index (κ3) is 2.21. The van der Waals surface area contributed by atoms with Crippen molar-refractivity contribution in [3.05, 3.63) is 23.8 Å². The normalized spacial score (nSPS) is 38.8. The summed E-state index contributed by atoms with van der Waals surface area (Å²) in [6, 6.07) is 6.40. The Morgan fingerprint density at radius 1 is 1.25 bits per heavy atom. The molecule has 1 aromatic heterocycles. The minimum atomic E-state index is -0.393. The molecule has 24 heavy (non-hydrogen) atoms. The Kier molecular flexibility index (Phi) is 3.11. The molecule has 5 heteroatoms. The van der Waals surface area contributed by atoms with Crippen LogP contribution in [0.1, 0.15) is 51.0 Å². The summed E-state index contributed by atoms with van der Waals surface area (Å²) in [6.07, 6.45) is 6.91. The Balaban J connectivity index is 1.35. The van der Waals surface area contributed by atoms with Crippen molar-refractivity contribution in [3.63, 3.8) is 0 Å². The quantitative estimate of drug-likeness (QED) is 0.903.